The zero-order valence-corrected chi connectivity index (χ0v) is 9.20. The van der Waals surface area contributed by atoms with Gasteiger partial charge in [0.05, 0.1) is 12.0 Å². The zero-order chi connectivity index (χ0) is 9.14. The van der Waals surface area contributed by atoms with Gasteiger partial charge in [-0.05, 0) is 12.1 Å². The summed E-state index contributed by atoms with van der Waals surface area (Å²) in [7, 11) is 0. The first-order chi connectivity index (χ1) is 5.66. The first kappa shape index (κ1) is 10.3. The summed E-state index contributed by atoms with van der Waals surface area (Å²) in [5.74, 6) is 0.141. The third-order valence-corrected chi connectivity index (χ3v) is 2.79. The maximum atomic E-state index is 9.44. The van der Waals surface area contributed by atoms with Gasteiger partial charge in [-0.25, -0.2) is 0 Å². The van der Waals surface area contributed by atoms with E-state index in [0.29, 0.717) is 10.6 Å². The first-order valence-electron chi connectivity index (χ1n) is 3.34. The number of hydrogen-bond acceptors (Lipinski definition) is 1. The second-order valence-corrected chi connectivity index (χ2v) is 3.88. The van der Waals surface area contributed by atoms with Crippen LogP contribution in [0.4, 0.5) is 0 Å². The largest absolute Gasteiger partial charge is 0.387 e. The van der Waals surface area contributed by atoms with Crippen LogP contribution in [0.15, 0.2) is 22.7 Å². The zero-order valence-electron chi connectivity index (χ0n) is 6.10. The van der Waals surface area contributed by atoms with Gasteiger partial charge in [0, 0.05) is 15.1 Å². The lowest BCUT2D eigenvalue weighted by Gasteiger charge is -2.10. The van der Waals surface area contributed by atoms with Crippen LogP contribution in [0, 0.1) is 0 Å². The highest BCUT2D eigenvalue weighted by atomic mass is 79.9. The molecule has 0 aliphatic carbocycles. The predicted molar refractivity (Wildman–Crippen MR) is 54.8 cm³/mol. The average molecular weight is 270 g/mol. The smallest absolute Gasteiger partial charge is 0.0950 e. The van der Waals surface area contributed by atoms with E-state index in [9.17, 15) is 5.11 Å². The SMILES string of the molecule is OC(CCl)c1c(Cl)cccc1Br. The van der Waals surface area contributed by atoms with Crippen molar-refractivity contribution in [1.82, 2.24) is 0 Å². The molecule has 0 spiro atoms. The Labute approximate surface area is 89.4 Å². The van der Waals surface area contributed by atoms with Crippen LogP contribution in [0.1, 0.15) is 11.7 Å². The fourth-order valence-corrected chi connectivity index (χ4v) is 2.11. The molecule has 0 radical (unpaired) electrons. The highest BCUT2D eigenvalue weighted by Crippen LogP contribution is 2.30. The third kappa shape index (κ3) is 2.13. The Bertz CT molecular complexity index is 258. The molecule has 4 heteroatoms. The minimum atomic E-state index is -0.713. The number of alkyl halides is 1. The molecule has 0 aliphatic rings. The summed E-state index contributed by atoms with van der Waals surface area (Å²) < 4.78 is 0.781. The van der Waals surface area contributed by atoms with E-state index in [1.54, 1.807) is 12.1 Å². The van der Waals surface area contributed by atoms with Crippen LogP contribution in [0.3, 0.4) is 0 Å². The van der Waals surface area contributed by atoms with Gasteiger partial charge in [0.1, 0.15) is 0 Å². The summed E-state index contributed by atoms with van der Waals surface area (Å²) in [6, 6.07) is 5.34. The minimum Gasteiger partial charge on any atom is -0.387 e. The molecule has 0 amide bonds. The fourth-order valence-electron chi connectivity index (χ4n) is 0.906. The lowest BCUT2D eigenvalue weighted by Crippen LogP contribution is -2.00. The predicted octanol–water partition coefficient (Wildman–Crippen LogP) is 3.37. The molecular weight excluding hydrogens is 263 g/mol. The molecule has 0 bridgehead atoms. The van der Waals surface area contributed by atoms with Gasteiger partial charge in [-0.1, -0.05) is 33.6 Å². The molecule has 1 aromatic carbocycles. The summed E-state index contributed by atoms with van der Waals surface area (Å²) in [6.45, 7) is 0. The molecule has 0 aromatic heterocycles. The van der Waals surface area contributed by atoms with Crippen molar-refractivity contribution in [3.05, 3.63) is 33.3 Å². The maximum absolute atomic E-state index is 9.44. The molecule has 0 aliphatic heterocycles. The Morgan fingerprint density at radius 2 is 2.17 bits per heavy atom. The van der Waals surface area contributed by atoms with Crippen LogP contribution in [0.5, 0.6) is 0 Å². The van der Waals surface area contributed by atoms with Crippen LogP contribution in [-0.2, 0) is 0 Å². The van der Waals surface area contributed by atoms with E-state index in [1.807, 2.05) is 6.07 Å². The second-order valence-electron chi connectivity index (χ2n) is 2.31. The lowest BCUT2D eigenvalue weighted by atomic mass is 10.1. The standard InChI is InChI=1S/C8H7BrCl2O/c9-5-2-1-3-6(11)8(5)7(12)4-10/h1-3,7,12H,4H2. The highest BCUT2D eigenvalue weighted by molar-refractivity contribution is 9.10. The molecule has 1 unspecified atom stereocenters. The summed E-state index contributed by atoms with van der Waals surface area (Å²) in [4.78, 5) is 0. The molecule has 1 aromatic rings. The van der Waals surface area contributed by atoms with Crippen molar-refractivity contribution in [2.45, 2.75) is 6.10 Å². The van der Waals surface area contributed by atoms with Crippen LogP contribution in [0.25, 0.3) is 0 Å². The normalized spacial score (nSPS) is 13.0. The average Bonchev–Trinajstić information content (AvgIpc) is 2.03. The van der Waals surface area contributed by atoms with E-state index in [1.165, 1.54) is 0 Å². The number of rotatable bonds is 2. The molecule has 66 valence electrons. The van der Waals surface area contributed by atoms with Gasteiger partial charge >= 0.3 is 0 Å². The van der Waals surface area contributed by atoms with Crippen LogP contribution in [0.2, 0.25) is 5.02 Å². The van der Waals surface area contributed by atoms with Crippen LogP contribution < -0.4 is 0 Å². The van der Waals surface area contributed by atoms with Crippen LogP contribution in [-0.4, -0.2) is 11.0 Å². The second kappa shape index (κ2) is 4.47. The molecule has 0 heterocycles. The molecule has 1 nitrogen and oxygen atoms in total. The van der Waals surface area contributed by atoms with Gasteiger partial charge in [-0.3, -0.25) is 0 Å². The fraction of sp³-hybridized carbons (Fsp3) is 0.250. The third-order valence-electron chi connectivity index (χ3n) is 1.48. The molecular formula is C8H7BrCl2O. The van der Waals surface area contributed by atoms with Gasteiger partial charge in [-0.15, -0.1) is 11.6 Å². The van der Waals surface area contributed by atoms with E-state index < -0.39 is 6.10 Å². The Morgan fingerprint density at radius 1 is 1.50 bits per heavy atom. The van der Waals surface area contributed by atoms with Crippen molar-refractivity contribution in [2.75, 3.05) is 5.88 Å². The van der Waals surface area contributed by atoms with Crippen molar-refractivity contribution in [3.8, 4) is 0 Å². The van der Waals surface area contributed by atoms with E-state index in [0.717, 1.165) is 4.47 Å². The van der Waals surface area contributed by atoms with Crippen molar-refractivity contribution < 1.29 is 5.11 Å². The Kier molecular flexibility index (Phi) is 3.84. The van der Waals surface area contributed by atoms with Crippen molar-refractivity contribution in [3.63, 3.8) is 0 Å². The number of hydrogen-bond donors (Lipinski definition) is 1. The molecule has 0 saturated heterocycles. The summed E-state index contributed by atoms with van der Waals surface area (Å²) in [5, 5.41) is 9.97. The van der Waals surface area contributed by atoms with Crippen molar-refractivity contribution in [1.29, 1.82) is 0 Å². The summed E-state index contributed by atoms with van der Waals surface area (Å²) >= 11 is 14.6. The van der Waals surface area contributed by atoms with E-state index in [2.05, 4.69) is 15.9 Å². The maximum Gasteiger partial charge on any atom is 0.0950 e. The Morgan fingerprint density at radius 3 is 2.67 bits per heavy atom. The van der Waals surface area contributed by atoms with Gasteiger partial charge in [0.2, 0.25) is 0 Å². The number of aliphatic hydroxyl groups excluding tert-OH is 1. The summed E-state index contributed by atoms with van der Waals surface area (Å²) in [5.41, 5.74) is 0.647. The van der Waals surface area contributed by atoms with Gasteiger partial charge in [0.15, 0.2) is 0 Å². The minimum absolute atomic E-state index is 0.141. The lowest BCUT2D eigenvalue weighted by molar-refractivity contribution is 0.202. The number of halogens is 3. The molecule has 1 atom stereocenters. The van der Waals surface area contributed by atoms with Crippen LogP contribution >= 0.6 is 39.1 Å². The monoisotopic (exact) mass is 268 g/mol. The van der Waals surface area contributed by atoms with Gasteiger partial charge < -0.3 is 5.11 Å². The highest BCUT2D eigenvalue weighted by Gasteiger charge is 2.13. The number of benzene rings is 1. The van der Waals surface area contributed by atoms with E-state index in [-0.39, 0.29) is 5.88 Å². The van der Waals surface area contributed by atoms with Crippen molar-refractivity contribution in [2.24, 2.45) is 0 Å². The molecule has 1 N–H and O–H groups in total. The number of aliphatic hydroxyl groups is 1. The molecule has 0 saturated carbocycles. The molecule has 1 rings (SSSR count). The quantitative estimate of drug-likeness (QED) is 0.817. The molecule has 0 fully saturated rings. The Balaban J connectivity index is 3.12. The topological polar surface area (TPSA) is 20.2 Å². The first-order valence-corrected chi connectivity index (χ1v) is 5.05. The van der Waals surface area contributed by atoms with E-state index in [4.69, 9.17) is 23.2 Å². The van der Waals surface area contributed by atoms with Gasteiger partial charge in [-0.2, -0.15) is 0 Å². The van der Waals surface area contributed by atoms with Gasteiger partial charge in [0.25, 0.3) is 0 Å². The van der Waals surface area contributed by atoms with Crippen molar-refractivity contribution >= 4 is 39.1 Å². The summed E-state index contributed by atoms with van der Waals surface area (Å²) in [6.07, 6.45) is -0.713. The Hall–Kier alpha value is 0.240. The molecule has 12 heavy (non-hydrogen) atoms. The van der Waals surface area contributed by atoms with E-state index >= 15 is 0 Å².